The maximum atomic E-state index is 14.0. The number of nitrogens with two attached hydrogens (primary N) is 1. The van der Waals surface area contributed by atoms with Crippen LogP contribution in [-0.4, -0.2) is 5.16 Å². The lowest BCUT2D eigenvalue weighted by molar-refractivity contribution is 0.439. The van der Waals surface area contributed by atoms with Gasteiger partial charge in [0.05, 0.1) is 13.1 Å². The van der Waals surface area contributed by atoms with Gasteiger partial charge in [-0.1, -0.05) is 23.4 Å². The van der Waals surface area contributed by atoms with Crippen molar-refractivity contribution in [1.82, 2.24) is 5.16 Å². The zero-order valence-corrected chi connectivity index (χ0v) is 13.9. The molecule has 3 rings (SSSR count). The number of benzene rings is 1. The van der Waals surface area contributed by atoms with E-state index < -0.39 is 0 Å². The molecule has 2 heterocycles. The van der Waals surface area contributed by atoms with E-state index in [2.05, 4.69) is 37.0 Å². The summed E-state index contributed by atoms with van der Waals surface area (Å²) < 4.78 is 20.8. The van der Waals surface area contributed by atoms with Crippen LogP contribution in [0.25, 0.3) is 22.4 Å². The molecule has 0 saturated carbocycles. The second-order valence-corrected chi connectivity index (χ2v) is 7.74. The summed E-state index contributed by atoms with van der Waals surface area (Å²) in [5.74, 6) is -0.270. The Morgan fingerprint density at radius 3 is 2.60 bits per heavy atom. The molecule has 3 nitrogen and oxygen atoms in total. The first-order valence-corrected chi connectivity index (χ1v) is 7.93. The lowest BCUT2D eigenvalue weighted by Crippen LogP contribution is -1.90. The van der Waals surface area contributed by atoms with E-state index in [0.717, 1.165) is 13.1 Å². The van der Waals surface area contributed by atoms with Gasteiger partial charge in [0.15, 0.2) is 0 Å². The van der Waals surface area contributed by atoms with E-state index in [1.165, 1.54) is 17.4 Å². The molecule has 7 heteroatoms. The molecule has 0 fully saturated rings. The predicted octanol–water partition coefficient (Wildman–Crippen LogP) is 5.32. The van der Waals surface area contributed by atoms with Crippen molar-refractivity contribution in [2.75, 3.05) is 5.73 Å². The van der Waals surface area contributed by atoms with Crippen LogP contribution in [0.4, 0.5) is 10.3 Å². The third kappa shape index (κ3) is 2.30. The largest absolute Gasteiger partial charge is 0.367 e. The molecular weight excluding hydrogens is 411 g/mol. The van der Waals surface area contributed by atoms with Gasteiger partial charge in [0.2, 0.25) is 5.88 Å². The molecule has 0 amide bonds. The Hall–Kier alpha value is -1.18. The summed E-state index contributed by atoms with van der Waals surface area (Å²) in [6.07, 6.45) is 0. The number of aromatic nitrogens is 1. The van der Waals surface area contributed by atoms with Crippen molar-refractivity contribution in [2.45, 2.75) is 0 Å². The molecular formula is C13H7Br2FN2OS. The van der Waals surface area contributed by atoms with E-state index in [1.54, 1.807) is 18.2 Å². The van der Waals surface area contributed by atoms with E-state index in [1.807, 2.05) is 6.07 Å². The lowest BCUT2D eigenvalue weighted by atomic mass is 10.0. The van der Waals surface area contributed by atoms with Gasteiger partial charge in [-0.15, -0.1) is 11.3 Å². The summed E-state index contributed by atoms with van der Waals surface area (Å²) in [5, 5.41) is 3.97. The van der Waals surface area contributed by atoms with Crippen LogP contribution in [0.2, 0.25) is 0 Å². The van der Waals surface area contributed by atoms with E-state index in [9.17, 15) is 4.39 Å². The highest BCUT2D eigenvalue weighted by atomic mass is 79.9. The fourth-order valence-corrected chi connectivity index (χ4v) is 4.72. The molecule has 0 radical (unpaired) electrons. The van der Waals surface area contributed by atoms with Crippen molar-refractivity contribution >= 4 is 49.1 Å². The Kier molecular flexibility index (Phi) is 3.66. The molecule has 0 atom stereocenters. The molecule has 2 N–H and O–H groups in total. The van der Waals surface area contributed by atoms with Crippen molar-refractivity contribution in [1.29, 1.82) is 0 Å². The second-order valence-electron chi connectivity index (χ2n) is 3.99. The van der Waals surface area contributed by atoms with Gasteiger partial charge in [-0.2, -0.15) is 0 Å². The third-order valence-electron chi connectivity index (χ3n) is 2.77. The number of thiophene rings is 1. The van der Waals surface area contributed by atoms with Crippen LogP contribution in [-0.2, 0) is 0 Å². The van der Waals surface area contributed by atoms with Crippen molar-refractivity contribution in [3.05, 3.63) is 43.7 Å². The maximum Gasteiger partial charge on any atom is 0.230 e. The number of hydrogen-bond acceptors (Lipinski definition) is 4. The first-order chi connectivity index (χ1) is 9.58. The summed E-state index contributed by atoms with van der Waals surface area (Å²) in [5.41, 5.74) is 7.98. The Labute approximate surface area is 134 Å². The third-order valence-corrected chi connectivity index (χ3v) is 5.11. The molecule has 0 bridgehead atoms. The molecule has 1 aromatic carbocycles. The first-order valence-electron chi connectivity index (χ1n) is 5.53. The van der Waals surface area contributed by atoms with Crippen molar-refractivity contribution in [3.8, 4) is 22.4 Å². The monoisotopic (exact) mass is 416 g/mol. The zero-order valence-electron chi connectivity index (χ0n) is 9.86. The van der Waals surface area contributed by atoms with Gasteiger partial charge in [-0.3, -0.25) is 0 Å². The van der Waals surface area contributed by atoms with Gasteiger partial charge >= 0.3 is 0 Å². The molecule has 102 valence electrons. The van der Waals surface area contributed by atoms with Crippen LogP contribution in [0.3, 0.4) is 0 Å². The van der Waals surface area contributed by atoms with Crippen LogP contribution in [0.5, 0.6) is 0 Å². The minimum Gasteiger partial charge on any atom is -0.367 e. The van der Waals surface area contributed by atoms with Crippen LogP contribution in [0, 0.1) is 5.82 Å². The van der Waals surface area contributed by atoms with E-state index >= 15 is 0 Å². The van der Waals surface area contributed by atoms with Crippen LogP contribution < -0.4 is 5.73 Å². The van der Waals surface area contributed by atoms with Crippen LogP contribution in [0.1, 0.15) is 0 Å². The molecule has 0 aliphatic rings. The normalized spacial score (nSPS) is 10.9. The highest BCUT2D eigenvalue weighted by molar-refractivity contribution is 9.12. The van der Waals surface area contributed by atoms with E-state index in [0.29, 0.717) is 16.8 Å². The van der Waals surface area contributed by atoms with Crippen LogP contribution >= 0.6 is 43.2 Å². The first kappa shape index (κ1) is 13.8. The van der Waals surface area contributed by atoms with E-state index in [4.69, 9.17) is 10.3 Å². The number of anilines is 1. The topological polar surface area (TPSA) is 52.0 Å². The molecule has 0 unspecified atom stereocenters. The number of nitrogens with zero attached hydrogens (tertiary/aromatic N) is 1. The fraction of sp³-hybridized carbons (Fsp3) is 0. The number of rotatable bonds is 2. The summed E-state index contributed by atoms with van der Waals surface area (Å²) >= 11 is 8.37. The Balaban J connectivity index is 2.26. The van der Waals surface area contributed by atoms with Crippen molar-refractivity contribution in [3.63, 3.8) is 0 Å². The minimum absolute atomic E-state index is 0.0966. The summed E-state index contributed by atoms with van der Waals surface area (Å²) in [7, 11) is 0. The van der Waals surface area contributed by atoms with Gasteiger partial charge in [0.1, 0.15) is 11.5 Å². The SMILES string of the molecule is Nc1onc(-c2cc(Br)sc2Br)c1-c1ccccc1F. The number of halogens is 3. The second kappa shape index (κ2) is 5.31. The van der Waals surface area contributed by atoms with Gasteiger partial charge < -0.3 is 10.3 Å². The van der Waals surface area contributed by atoms with E-state index in [-0.39, 0.29) is 11.7 Å². The average molecular weight is 418 g/mol. The molecule has 0 aliphatic heterocycles. The molecule has 20 heavy (non-hydrogen) atoms. The van der Waals surface area contributed by atoms with Gasteiger partial charge in [-0.25, -0.2) is 4.39 Å². The van der Waals surface area contributed by atoms with Gasteiger partial charge in [0.25, 0.3) is 0 Å². The van der Waals surface area contributed by atoms with Crippen molar-refractivity contribution in [2.24, 2.45) is 0 Å². The van der Waals surface area contributed by atoms with Crippen LogP contribution in [0.15, 0.2) is 42.4 Å². The maximum absolute atomic E-state index is 14.0. The number of nitrogen functional groups attached to an aromatic ring is 1. The summed E-state index contributed by atoms with van der Waals surface area (Å²) in [4.78, 5) is 0. The molecule has 2 aromatic heterocycles. The quantitative estimate of drug-likeness (QED) is 0.614. The smallest absolute Gasteiger partial charge is 0.230 e. The minimum atomic E-state index is -0.367. The summed E-state index contributed by atoms with van der Waals surface area (Å²) in [6.45, 7) is 0. The molecule has 0 saturated heterocycles. The Bertz CT molecular complexity index is 785. The van der Waals surface area contributed by atoms with Gasteiger partial charge in [0, 0.05) is 11.1 Å². The highest BCUT2D eigenvalue weighted by Gasteiger charge is 2.22. The fourth-order valence-electron chi connectivity index (χ4n) is 1.91. The molecule has 0 spiro atoms. The highest BCUT2D eigenvalue weighted by Crippen LogP contribution is 2.44. The zero-order chi connectivity index (χ0) is 14.3. The molecule has 3 aromatic rings. The Morgan fingerprint density at radius 2 is 1.95 bits per heavy atom. The molecule has 0 aliphatic carbocycles. The van der Waals surface area contributed by atoms with Crippen molar-refractivity contribution < 1.29 is 8.91 Å². The lowest BCUT2D eigenvalue weighted by Gasteiger charge is -2.03. The average Bonchev–Trinajstić information content (AvgIpc) is 2.93. The summed E-state index contributed by atoms with van der Waals surface area (Å²) in [6, 6.07) is 8.28. The van der Waals surface area contributed by atoms with Gasteiger partial charge in [-0.05, 0) is 44.0 Å². The predicted molar refractivity (Wildman–Crippen MR) is 85.0 cm³/mol. The standard InChI is InChI=1S/C13H7Br2FN2OS/c14-9-5-7(12(15)20-9)11-10(13(17)19-18-11)6-3-1-2-4-8(6)16/h1-5H,17H2. The Morgan fingerprint density at radius 1 is 1.20 bits per heavy atom. The number of hydrogen-bond donors (Lipinski definition) is 1.